The number of amides is 1. The molecule has 140 valence electrons. The summed E-state index contributed by atoms with van der Waals surface area (Å²) < 4.78 is 11.2. The number of carboxylic acid groups (broad SMARTS) is 1. The van der Waals surface area contributed by atoms with Crippen LogP contribution in [0.4, 0.5) is 0 Å². The van der Waals surface area contributed by atoms with Gasteiger partial charge in [0.1, 0.15) is 0 Å². The number of ether oxygens (including phenoxy) is 2. The number of piperidine rings is 1. The largest absolute Gasteiger partial charge is 0.493 e. The number of allylic oxidation sites excluding steroid dienone is 2. The van der Waals surface area contributed by atoms with Gasteiger partial charge >= 0.3 is 5.97 Å². The van der Waals surface area contributed by atoms with Crippen molar-refractivity contribution in [2.45, 2.75) is 37.7 Å². The van der Waals surface area contributed by atoms with Crippen LogP contribution in [0.2, 0.25) is 0 Å². The van der Waals surface area contributed by atoms with Crippen LogP contribution in [-0.4, -0.2) is 47.7 Å². The molecule has 2 aliphatic rings. The van der Waals surface area contributed by atoms with Crippen LogP contribution < -0.4 is 9.47 Å². The Balaban J connectivity index is 1.66. The van der Waals surface area contributed by atoms with E-state index in [1.165, 1.54) is 7.11 Å². The lowest BCUT2D eigenvalue weighted by atomic mass is 9.90. The van der Waals surface area contributed by atoms with E-state index >= 15 is 0 Å². The van der Waals surface area contributed by atoms with Gasteiger partial charge in [-0.1, -0.05) is 24.3 Å². The highest BCUT2D eigenvalue weighted by Crippen LogP contribution is 2.35. The predicted octanol–water partition coefficient (Wildman–Crippen LogP) is 2.88. The topological polar surface area (TPSA) is 76.1 Å². The number of hydrogen-bond donors (Lipinski definition) is 1. The molecule has 1 aromatic carbocycles. The lowest BCUT2D eigenvalue weighted by Crippen LogP contribution is -2.54. The molecule has 1 fully saturated rings. The molecule has 0 bridgehead atoms. The molecule has 0 spiro atoms. The minimum absolute atomic E-state index is 0.0952. The molecule has 1 N–H and O–H groups in total. The highest BCUT2D eigenvalue weighted by atomic mass is 16.5. The Morgan fingerprint density at radius 2 is 1.92 bits per heavy atom. The van der Waals surface area contributed by atoms with E-state index in [-0.39, 0.29) is 18.7 Å². The van der Waals surface area contributed by atoms with E-state index in [9.17, 15) is 14.7 Å². The van der Waals surface area contributed by atoms with Gasteiger partial charge in [0.2, 0.25) is 11.5 Å². The van der Waals surface area contributed by atoms with Gasteiger partial charge in [-0.15, -0.1) is 0 Å². The van der Waals surface area contributed by atoms with Gasteiger partial charge in [0.25, 0.3) is 0 Å². The Kier molecular flexibility index (Phi) is 5.49. The first-order valence-electron chi connectivity index (χ1n) is 9.04. The lowest BCUT2D eigenvalue weighted by molar-refractivity contribution is -0.162. The van der Waals surface area contributed by atoms with E-state index in [0.29, 0.717) is 36.9 Å². The summed E-state index contributed by atoms with van der Waals surface area (Å²) in [6, 6.07) is 7.02. The molecule has 26 heavy (non-hydrogen) atoms. The van der Waals surface area contributed by atoms with Crippen LogP contribution >= 0.6 is 0 Å². The van der Waals surface area contributed by atoms with Crippen molar-refractivity contribution in [3.8, 4) is 11.5 Å². The summed E-state index contributed by atoms with van der Waals surface area (Å²) in [5, 5.41) is 9.79. The van der Waals surface area contributed by atoms with Crippen molar-refractivity contribution in [2.24, 2.45) is 5.92 Å². The van der Waals surface area contributed by atoms with Crippen LogP contribution in [0.5, 0.6) is 11.5 Å². The SMILES string of the molecule is COc1ccccc1OC1(C(=O)O)CCN(C(=O)CC2C=CCC2)CC1. The van der Waals surface area contributed by atoms with Gasteiger partial charge < -0.3 is 19.5 Å². The molecular formula is C20H25NO5. The number of aliphatic carboxylic acids is 1. The smallest absolute Gasteiger partial charge is 0.348 e. The zero-order chi connectivity index (χ0) is 18.6. The Hall–Kier alpha value is -2.50. The molecule has 1 aliphatic heterocycles. The van der Waals surface area contributed by atoms with Crippen LogP contribution in [-0.2, 0) is 9.59 Å². The normalized spacial score (nSPS) is 21.4. The number of carbonyl (C=O) groups excluding carboxylic acids is 1. The van der Waals surface area contributed by atoms with E-state index in [2.05, 4.69) is 12.2 Å². The minimum atomic E-state index is -1.33. The van der Waals surface area contributed by atoms with Crippen molar-refractivity contribution in [3.63, 3.8) is 0 Å². The molecule has 1 amide bonds. The van der Waals surface area contributed by atoms with Crippen molar-refractivity contribution in [1.82, 2.24) is 4.90 Å². The molecule has 1 aromatic rings. The summed E-state index contributed by atoms with van der Waals surface area (Å²) in [5.41, 5.74) is -1.33. The van der Waals surface area contributed by atoms with Crippen LogP contribution in [0.25, 0.3) is 0 Å². The molecule has 1 atom stereocenters. The van der Waals surface area contributed by atoms with Crippen molar-refractivity contribution >= 4 is 11.9 Å². The molecule has 6 nitrogen and oxygen atoms in total. The lowest BCUT2D eigenvalue weighted by Gasteiger charge is -2.39. The summed E-state index contributed by atoms with van der Waals surface area (Å²) in [4.78, 5) is 26.2. The first-order valence-corrected chi connectivity index (χ1v) is 9.04. The molecular weight excluding hydrogens is 334 g/mol. The van der Waals surface area contributed by atoms with Crippen molar-refractivity contribution in [3.05, 3.63) is 36.4 Å². The number of methoxy groups -OCH3 is 1. The standard InChI is InChI=1S/C20H25NO5/c1-25-16-8-4-5-9-17(16)26-20(19(23)24)10-12-21(13-11-20)18(22)14-15-6-2-3-7-15/h2,4-6,8-9,15H,3,7,10-14H2,1H3,(H,23,24). The van der Waals surface area contributed by atoms with Gasteiger partial charge in [0.15, 0.2) is 11.5 Å². The number of nitrogens with zero attached hydrogens (tertiary/aromatic N) is 1. The number of carboxylic acids is 1. The summed E-state index contributed by atoms with van der Waals surface area (Å²) in [5.74, 6) is 0.318. The molecule has 0 aromatic heterocycles. The maximum Gasteiger partial charge on any atom is 0.348 e. The second kappa shape index (κ2) is 7.81. The molecule has 3 rings (SSSR count). The van der Waals surface area contributed by atoms with Crippen LogP contribution in [0.1, 0.15) is 32.1 Å². The molecule has 1 saturated heterocycles. The monoisotopic (exact) mass is 359 g/mol. The molecule has 0 saturated carbocycles. The summed E-state index contributed by atoms with van der Waals surface area (Å²) in [6.07, 6.45) is 7.30. The fraction of sp³-hybridized carbons (Fsp3) is 0.500. The van der Waals surface area contributed by atoms with E-state index in [1.807, 2.05) is 0 Å². The van der Waals surface area contributed by atoms with Crippen molar-refractivity contribution in [2.75, 3.05) is 20.2 Å². The fourth-order valence-corrected chi connectivity index (χ4v) is 3.61. The van der Waals surface area contributed by atoms with Gasteiger partial charge in [-0.3, -0.25) is 4.79 Å². The minimum Gasteiger partial charge on any atom is -0.493 e. The van der Waals surface area contributed by atoms with Crippen molar-refractivity contribution in [1.29, 1.82) is 0 Å². The highest BCUT2D eigenvalue weighted by Gasteiger charge is 2.45. The van der Waals surface area contributed by atoms with Gasteiger partial charge in [-0.2, -0.15) is 0 Å². The van der Waals surface area contributed by atoms with Crippen LogP contribution in [0.15, 0.2) is 36.4 Å². The average molecular weight is 359 g/mol. The first kappa shape index (κ1) is 18.3. The maximum atomic E-state index is 12.5. The van der Waals surface area contributed by atoms with E-state index in [0.717, 1.165) is 12.8 Å². The third kappa shape index (κ3) is 3.84. The first-order chi connectivity index (χ1) is 12.5. The van der Waals surface area contributed by atoms with E-state index in [4.69, 9.17) is 9.47 Å². The van der Waals surface area contributed by atoms with E-state index < -0.39 is 11.6 Å². The Bertz CT molecular complexity index is 691. The molecule has 1 aliphatic carbocycles. The molecule has 6 heteroatoms. The quantitative estimate of drug-likeness (QED) is 0.791. The number of para-hydroxylation sites is 2. The Morgan fingerprint density at radius 3 is 2.50 bits per heavy atom. The van der Waals surface area contributed by atoms with E-state index in [1.54, 1.807) is 29.2 Å². The van der Waals surface area contributed by atoms with Crippen LogP contribution in [0.3, 0.4) is 0 Å². The Labute approximate surface area is 153 Å². The number of likely N-dealkylation sites (tertiary alicyclic amines) is 1. The third-order valence-corrected chi connectivity index (χ3v) is 5.24. The zero-order valence-electron chi connectivity index (χ0n) is 15.0. The van der Waals surface area contributed by atoms with Gasteiger partial charge in [-0.05, 0) is 30.9 Å². The van der Waals surface area contributed by atoms with Gasteiger partial charge in [0, 0.05) is 32.4 Å². The van der Waals surface area contributed by atoms with Gasteiger partial charge in [-0.25, -0.2) is 4.79 Å². The molecule has 1 unspecified atom stereocenters. The average Bonchev–Trinajstić information content (AvgIpc) is 3.15. The third-order valence-electron chi connectivity index (χ3n) is 5.24. The number of rotatable bonds is 6. The highest BCUT2D eigenvalue weighted by molar-refractivity contribution is 5.80. The second-order valence-corrected chi connectivity index (χ2v) is 6.90. The number of hydrogen-bond acceptors (Lipinski definition) is 4. The predicted molar refractivity (Wildman–Crippen MR) is 96.3 cm³/mol. The summed E-state index contributed by atoms with van der Waals surface area (Å²) in [7, 11) is 1.52. The maximum absolute atomic E-state index is 12.5. The zero-order valence-corrected chi connectivity index (χ0v) is 15.0. The van der Waals surface area contributed by atoms with Gasteiger partial charge in [0.05, 0.1) is 7.11 Å². The second-order valence-electron chi connectivity index (χ2n) is 6.90. The number of carbonyl (C=O) groups is 2. The summed E-state index contributed by atoms with van der Waals surface area (Å²) >= 11 is 0. The van der Waals surface area contributed by atoms with Crippen LogP contribution in [0, 0.1) is 5.92 Å². The Morgan fingerprint density at radius 1 is 1.23 bits per heavy atom. The fourth-order valence-electron chi connectivity index (χ4n) is 3.61. The molecule has 1 heterocycles. The van der Waals surface area contributed by atoms with Crippen molar-refractivity contribution < 1.29 is 24.2 Å². The molecule has 0 radical (unpaired) electrons. The number of benzene rings is 1. The summed E-state index contributed by atoms with van der Waals surface area (Å²) in [6.45, 7) is 0.771.